The molecule has 0 saturated heterocycles. The Morgan fingerprint density at radius 2 is 1.68 bits per heavy atom. The third-order valence-corrected chi connectivity index (χ3v) is 3.96. The van der Waals surface area contributed by atoms with Crippen LogP contribution in [0.5, 0.6) is 11.5 Å². The van der Waals surface area contributed by atoms with Gasteiger partial charge in [-0.05, 0) is 48.7 Å². The quantitative estimate of drug-likeness (QED) is 0.819. The minimum atomic E-state index is -0.700. The maximum absolute atomic E-state index is 12.1. The van der Waals surface area contributed by atoms with E-state index in [4.69, 9.17) is 9.47 Å². The van der Waals surface area contributed by atoms with Crippen LogP contribution in [0.3, 0.4) is 0 Å². The second kappa shape index (κ2) is 8.19. The molecule has 2 aromatic carbocycles. The first-order valence-electron chi connectivity index (χ1n) is 7.82. The van der Waals surface area contributed by atoms with Crippen LogP contribution < -0.4 is 20.1 Å². The zero-order valence-electron chi connectivity index (χ0n) is 14.8. The fraction of sp³-hybridized carbons (Fsp3) is 0.263. The maximum Gasteiger partial charge on any atom is 0.313 e. The highest BCUT2D eigenvalue weighted by Crippen LogP contribution is 2.27. The third kappa shape index (κ3) is 4.50. The summed E-state index contributed by atoms with van der Waals surface area (Å²) in [6.07, 6.45) is 0. The van der Waals surface area contributed by atoms with Crippen molar-refractivity contribution in [3.05, 3.63) is 53.1 Å². The number of methoxy groups -OCH3 is 2. The van der Waals surface area contributed by atoms with Crippen LogP contribution in [0, 0.1) is 13.8 Å². The van der Waals surface area contributed by atoms with E-state index in [9.17, 15) is 9.59 Å². The van der Waals surface area contributed by atoms with Crippen LogP contribution in [0.4, 0.5) is 5.69 Å². The fourth-order valence-corrected chi connectivity index (χ4v) is 2.32. The van der Waals surface area contributed by atoms with Crippen LogP contribution in [0.2, 0.25) is 0 Å². The lowest BCUT2D eigenvalue weighted by molar-refractivity contribution is -0.136. The van der Waals surface area contributed by atoms with Crippen molar-refractivity contribution in [2.24, 2.45) is 0 Å². The molecule has 0 bridgehead atoms. The summed E-state index contributed by atoms with van der Waals surface area (Å²) < 4.78 is 10.4. The van der Waals surface area contributed by atoms with Gasteiger partial charge in [0.25, 0.3) is 0 Å². The Hall–Kier alpha value is -3.02. The number of nitrogens with one attached hydrogen (secondary N) is 2. The van der Waals surface area contributed by atoms with Gasteiger partial charge in [-0.25, -0.2) is 0 Å². The highest BCUT2D eigenvalue weighted by atomic mass is 16.5. The van der Waals surface area contributed by atoms with Gasteiger partial charge in [0.05, 0.1) is 14.2 Å². The first-order chi connectivity index (χ1) is 12.0. The van der Waals surface area contributed by atoms with Crippen LogP contribution in [0.15, 0.2) is 36.4 Å². The Kier molecular flexibility index (Phi) is 6.00. The normalized spacial score (nSPS) is 10.1. The van der Waals surface area contributed by atoms with Crippen LogP contribution in [0.1, 0.15) is 16.7 Å². The van der Waals surface area contributed by atoms with Crippen molar-refractivity contribution in [1.29, 1.82) is 0 Å². The van der Waals surface area contributed by atoms with E-state index >= 15 is 0 Å². The van der Waals surface area contributed by atoms with Crippen LogP contribution in [0.25, 0.3) is 0 Å². The van der Waals surface area contributed by atoms with Gasteiger partial charge in [-0.3, -0.25) is 9.59 Å². The van der Waals surface area contributed by atoms with E-state index in [0.29, 0.717) is 17.2 Å². The fourth-order valence-electron chi connectivity index (χ4n) is 2.32. The van der Waals surface area contributed by atoms with Gasteiger partial charge in [-0.1, -0.05) is 18.2 Å². The van der Waals surface area contributed by atoms with Gasteiger partial charge < -0.3 is 20.1 Å². The Bertz CT molecular complexity index is 787. The summed E-state index contributed by atoms with van der Waals surface area (Å²) in [5.41, 5.74) is 3.41. The molecule has 0 aliphatic heterocycles. The number of benzene rings is 2. The van der Waals surface area contributed by atoms with Crippen molar-refractivity contribution in [3.8, 4) is 11.5 Å². The molecule has 0 fully saturated rings. The molecule has 0 aliphatic carbocycles. The highest BCUT2D eigenvalue weighted by molar-refractivity contribution is 6.39. The number of ether oxygens (including phenoxy) is 2. The van der Waals surface area contributed by atoms with E-state index < -0.39 is 11.8 Å². The average Bonchev–Trinajstić information content (AvgIpc) is 2.63. The topological polar surface area (TPSA) is 76.7 Å². The molecule has 2 aromatic rings. The summed E-state index contributed by atoms with van der Waals surface area (Å²) in [6.45, 7) is 4.05. The van der Waals surface area contributed by atoms with Gasteiger partial charge in [0.1, 0.15) is 0 Å². The number of carbonyl (C=O) groups excluding carboxylic acids is 2. The Morgan fingerprint density at radius 1 is 0.960 bits per heavy atom. The number of carbonyl (C=O) groups is 2. The number of amides is 2. The highest BCUT2D eigenvalue weighted by Gasteiger charge is 2.15. The van der Waals surface area contributed by atoms with Gasteiger partial charge in [-0.2, -0.15) is 0 Å². The lowest BCUT2D eigenvalue weighted by Gasteiger charge is -2.11. The molecule has 0 aliphatic rings. The lowest BCUT2D eigenvalue weighted by atomic mass is 10.1. The molecular formula is C19H22N2O4. The summed E-state index contributed by atoms with van der Waals surface area (Å²) >= 11 is 0. The summed E-state index contributed by atoms with van der Waals surface area (Å²) in [7, 11) is 3.09. The van der Waals surface area contributed by atoms with Crippen molar-refractivity contribution >= 4 is 17.5 Å². The molecule has 2 amide bonds. The van der Waals surface area contributed by atoms with Gasteiger partial charge >= 0.3 is 11.8 Å². The lowest BCUT2D eigenvalue weighted by Crippen LogP contribution is -2.35. The van der Waals surface area contributed by atoms with E-state index in [1.165, 1.54) is 7.11 Å². The van der Waals surface area contributed by atoms with Gasteiger partial charge in [0.2, 0.25) is 0 Å². The monoisotopic (exact) mass is 342 g/mol. The predicted molar refractivity (Wildman–Crippen MR) is 95.9 cm³/mol. The molecule has 0 heterocycles. The molecule has 6 heteroatoms. The van der Waals surface area contributed by atoms with E-state index in [2.05, 4.69) is 10.6 Å². The van der Waals surface area contributed by atoms with E-state index in [-0.39, 0.29) is 6.54 Å². The summed E-state index contributed by atoms with van der Waals surface area (Å²) in [6, 6.07) is 10.8. The van der Waals surface area contributed by atoms with Crippen LogP contribution >= 0.6 is 0 Å². The van der Waals surface area contributed by atoms with Gasteiger partial charge in [-0.15, -0.1) is 0 Å². The standard InChI is InChI=1S/C19H22N2O4/c1-12-6-5-7-15(13(12)2)21-19(23)18(22)20-11-14-8-9-16(24-3)17(10-14)25-4/h5-10H,11H2,1-4H3,(H,20,22)(H,21,23). The maximum atomic E-state index is 12.1. The second-order valence-corrected chi connectivity index (χ2v) is 5.57. The molecule has 0 spiro atoms. The predicted octanol–water partition coefficient (Wildman–Crippen LogP) is 2.58. The minimum absolute atomic E-state index is 0.208. The van der Waals surface area contributed by atoms with Gasteiger partial charge in [0, 0.05) is 12.2 Å². The van der Waals surface area contributed by atoms with Crippen molar-refractivity contribution in [2.75, 3.05) is 19.5 Å². The van der Waals surface area contributed by atoms with Crippen LogP contribution in [-0.4, -0.2) is 26.0 Å². The molecule has 6 nitrogen and oxygen atoms in total. The number of rotatable bonds is 5. The number of hydrogen-bond acceptors (Lipinski definition) is 4. The van der Waals surface area contributed by atoms with E-state index in [1.807, 2.05) is 26.0 Å². The van der Waals surface area contributed by atoms with Crippen molar-refractivity contribution in [2.45, 2.75) is 20.4 Å². The SMILES string of the molecule is COc1ccc(CNC(=O)C(=O)Nc2cccc(C)c2C)cc1OC. The van der Waals surface area contributed by atoms with Gasteiger partial charge in [0.15, 0.2) is 11.5 Å². The van der Waals surface area contributed by atoms with Crippen molar-refractivity contribution in [1.82, 2.24) is 5.32 Å². The first-order valence-corrected chi connectivity index (χ1v) is 7.82. The second-order valence-electron chi connectivity index (χ2n) is 5.57. The third-order valence-electron chi connectivity index (χ3n) is 3.96. The summed E-state index contributed by atoms with van der Waals surface area (Å²) in [5, 5.41) is 5.23. The van der Waals surface area contributed by atoms with Crippen molar-refractivity contribution < 1.29 is 19.1 Å². The smallest absolute Gasteiger partial charge is 0.313 e. The number of hydrogen-bond donors (Lipinski definition) is 2. The number of anilines is 1. The molecule has 0 unspecified atom stereocenters. The Balaban J connectivity index is 1.98. The minimum Gasteiger partial charge on any atom is -0.493 e. The molecule has 0 atom stereocenters. The zero-order chi connectivity index (χ0) is 18.4. The first kappa shape index (κ1) is 18.3. The number of aryl methyl sites for hydroxylation is 1. The molecule has 2 N–H and O–H groups in total. The largest absolute Gasteiger partial charge is 0.493 e. The molecule has 0 radical (unpaired) electrons. The summed E-state index contributed by atoms with van der Waals surface area (Å²) in [4.78, 5) is 24.1. The molecule has 0 saturated carbocycles. The zero-order valence-corrected chi connectivity index (χ0v) is 14.8. The van der Waals surface area contributed by atoms with Crippen molar-refractivity contribution in [3.63, 3.8) is 0 Å². The average molecular weight is 342 g/mol. The summed E-state index contributed by atoms with van der Waals surface area (Å²) in [5.74, 6) is -0.232. The Morgan fingerprint density at radius 3 is 2.36 bits per heavy atom. The van der Waals surface area contributed by atoms with E-state index in [1.54, 1.807) is 31.4 Å². The molecule has 132 valence electrons. The molecule has 25 heavy (non-hydrogen) atoms. The van der Waals surface area contributed by atoms with E-state index in [0.717, 1.165) is 16.7 Å². The van der Waals surface area contributed by atoms with Crippen LogP contribution in [-0.2, 0) is 16.1 Å². The Labute approximate surface area is 147 Å². The molecule has 2 rings (SSSR count). The molecular weight excluding hydrogens is 320 g/mol. The molecule has 0 aromatic heterocycles.